The number of aromatic nitrogens is 5. The molecule has 0 saturated heterocycles. The third-order valence-electron chi connectivity index (χ3n) is 4.33. The van der Waals surface area contributed by atoms with Gasteiger partial charge in [0.2, 0.25) is 11.1 Å². The third kappa shape index (κ3) is 3.45. The lowest BCUT2D eigenvalue weighted by molar-refractivity contribution is -0.116. The van der Waals surface area contributed by atoms with Crippen LogP contribution in [0.4, 0.5) is 5.69 Å². The van der Waals surface area contributed by atoms with Crippen molar-refractivity contribution in [3.05, 3.63) is 40.7 Å². The van der Waals surface area contributed by atoms with Crippen LogP contribution >= 0.6 is 11.6 Å². The van der Waals surface area contributed by atoms with Crippen LogP contribution in [-0.4, -0.2) is 31.3 Å². The van der Waals surface area contributed by atoms with E-state index in [1.165, 1.54) is 0 Å². The van der Waals surface area contributed by atoms with E-state index in [1.807, 2.05) is 28.9 Å². The highest BCUT2D eigenvalue weighted by Crippen LogP contribution is 2.36. The molecule has 1 fully saturated rings. The van der Waals surface area contributed by atoms with E-state index < -0.39 is 0 Å². The maximum absolute atomic E-state index is 12.3. The second kappa shape index (κ2) is 6.87. The van der Waals surface area contributed by atoms with Crippen LogP contribution in [0.1, 0.15) is 36.6 Å². The summed E-state index contributed by atoms with van der Waals surface area (Å²) in [7, 11) is 0. The molecule has 9 heteroatoms. The molecule has 2 aromatic heterocycles. The van der Waals surface area contributed by atoms with E-state index in [9.17, 15) is 4.79 Å². The van der Waals surface area contributed by atoms with Gasteiger partial charge in [-0.05, 0) is 60.3 Å². The van der Waals surface area contributed by atoms with Gasteiger partial charge in [0.15, 0.2) is 5.82 Å². The van der Waals surface area contributed by atoms with Gasteiger partial charge in [0.1, 0.15) is 0 Å². The van der Waals surface area contributed by atoms with Crippen molar-refractivity contribution in [2.24, 2.45) is 0 Å². The fourth-order valence-corrected chi connectivity index (χ4v) is 3.05. The smallest absolute Gasteiger partial charge is 0.229 e. The average Bonchev–Trinajstić information content (AvgIpc) is 3.27. The van der Waals surface area contributed by atoms with Crippen LogP contribution in [0, 0.1) is 6.92 Å². The molecule has 0 unspecified atom stereocenters. The van der Waals surface area contributed by atoms with Gasteiger partial charge in [-0.3, -0.25) is 4.79 Å². The number of aryl methyl sites for hydroxylation is 1. The molecule has 8 nitrogen and oxygen atoms in total. The predicted octanol–water partition coefficient (Wildman–Crippen LogP) is 3.20. The molecule has 3 aromatic rings. The number of rotatable bonds is 6. The summed E-state index contributed by atoms with van der Waals surface area (Å²) < 4.78 is 6.75. The van der Waals surface area contributed by atoms with Gasteiger partial charge in [-0.1, -0.05) is 17.3 Å². The summed E-state index contributed by atoms with van der Waals surface area (Å²) in [5.74, 6) is 0.607. The van der Waals surface area contributed by atoms with E-state index in [2.05, 4.69) is 26.0 Å². The average molecular weight is 373 g/mol. The van der Waals surface area contributed by atoms with Crippen molar-refractivity contribution in [2.75, 3.05) is 5.32 Å². The highest BCUT2D eigenvalue weighted by molar-refractivity contribution is 6.29. The monoisotopic (exact) mass is 372 g/mol. The summed E-state index contributed by atoms with van der Waals surface area (Å²) in [6, 6.07) is 7.90. The lowest BCUT2D eigenvalue weighted by Crippen LogP contribution is -2.12. The van der Waals surface area contributed by atoms with Gasteiger partial charge in [0.25, 0.3) is 0 Å². The van der Waals surface area contributed by atoms with Crippen LogP contribution in [0.2, 0.25) is 5.22 Å². The standard InChI is InChI=1S/C17H17ClN6O2/c1-10-14(16(18)26-21-10)7-8-15(25)19-12-4-2-3-11(9-12)17-20-22-23-24(17)13-5-6-13/h2-4,9,13H,5-8H2,1H3,(H,19,25). The van der Waals surface area contributed by atoms with Crippen LogP contribution in [0.5, 0.6) is 0 Å². The Labute approximate surface area is 154 Å². The minimum Gasteiger partial charge on any atom is -0.344 e. The Morgan fingerprint density at radius 3 is 3.00 bits per heavy atom. The number of nitrogens with one attached hydrogen (secondary N) is 1. The normalized spacial score (nSPS) is 13.8. The van der Waals surface area contributed by atoms with Crippen molar-refractivity contribution < 1.29 is 9.32 Å². The molecular formula is C17H17ClN6O2. The molecule has 0 atom stereocenters. The molecule has 1 N–H and O–H groups in total. The number of nitrogens with zero attached hydrogens (tertiary/aromatic N) is 5. The quantitative estimate of drug-likeness (QED) is 0.713. The number of benzene rings is 1. The number of anilines is 1. The minimum atomic E-state index is -0.111. The fourth-order valence-electron chi connectivity index (χ4n) is 2.79. The van der Waals surface area contributed by atoms with Gasteiger partial charge in [-0.15, -0.1) is 5.10 Å². The minimum absolute atomic E-state index is 0.111. The van der Waals surface area contributed by atoms with Crippen molar-refractivity contribution in [1.29, 1.82) is 0 Å². The highest BCUT2D eigenvalue weighted by atomic mass is 35.5. The Bertz CT molecular complexity index is 927. The Hall–Kier alpha value is -2.74. The van der Waals surface area contributed by atoms with E-state index in [4.69, 9.17) is 16.1 Å². The molecule has 0 radical (unpaired) electrons. The highest BCUT2D eigenvalue weighted by Gasteiger charge is 2.28. The van der Waals surface area contributed by atoms with Gasteiger partial charge >= 0.3 is 0 Å². The van der Waals surface area contributed by atoms with Crippen molar-refractivity contribution in [2.45, 2.75) is 38.6 Å². The number of hydrogen-bond acceptors (Lipinski definition) is 6. The molecule has 1 aliphatic rings. The summed E-state index contributed by atoms with van der Waals surface area (Å²) in [6.07, 6.45) is 2.95. The van der Waals surface area contributed by atoms with Crippen LogP contribution in [0.15, 0.2) is 28.8 Å². The van der Waals surface area contributed by atoms with Crippen LogP contribution in [-0.2, 0) is 11.2 Å². The number of amides is 1. The summed E-state index contributed by atoms with van der Waals surface area (Å²) >= 11 is 5.93. The Morgan fingerprint density at radius 2 is 2.27 bits per heavy atom. The molecule has 2 heterocycles. The number of carbonyl (C=O) groups excluding carboxylic acids is 1. The first-order valence-corrected chi connectivity index (χ1v) is 8.78. The largest absolute Gasteiger partial charge is 0.344 e. The van der Waals surface area contributed by atoms with Crippen LogP contribution in [0.25, 0.3) is 11.4 Å². The van der Waals surface area contributed by atoms with E-state index in [0.29, 0.717) is 23.8 Å². The van der Waals surface area contributed by atoms with Gasteiger partial charge < -0.3 is 9.84 Å². The number of tetrazole rings is 1. The maximum Gasteiger partial charge on any atom is 0.229 e. The third-order valence-corrected chi connectivity index (χ3v) is 4.63. The van der Waals surface area contributed by atoms with Crippen LogP contribution < -0.4 is 5.32 Å². The van der Waals surface area contributed by atoms with Crippen LogP contribution in [0.3, 0.4) is 0 Å². The molecule has 1 amide bonds. The molecule has 0 bridgehead atoms. The molecule has 0 spiro atoms. The Morgan fingerprint density at radius 1 is 1.42 bits per heavy atom. The van der Waals surface area contributed by atoms with Crippen molar-refractivity contribution >= 4 is 23.2 Å². The predicted molar refractivity (Wildman–Crippen MR) is 94.7 cm³/mol. The summed E-state index contributed by atoms with van der Waals surface area (Å²) in [5, 5.41) is 18.9. The summed E-state index contributed by atoms with van der Waals surface area (Å²) in [6.45, 7) is 1.80. The van der Waals surface area contributed by atoms with E-state index >= 15 is 0 Å². The van der Waals surface area contributed by atoms with E-state index in [1.54, 1.807) is 6.92 Å². The number of hydrogen-bond donors (Lipinski definition) is 1. The van der Waals surface area contributed by atoms with Crippen molar-refractivity contribution in [1.82, 2.24) is 25.4 Å². The Balaban J connectivity index is 1.43. The molecule has 134 valence electrons. The lowest BCUT2D eigenvalue weighted by atomic mass is 10.1. The van der Waals surface area contributed by atoms with Gasteiger partial charge in [-0.25, -0.2) is 4.68 Å². The molecule has 0 aliphatic heterocycles. The Kier molecular flexibility index (Phi) is 4.42. The zero-order valence-corrected chi connectivity index (χ0v) is 14.9. The molecule has 1 saturated carbocycles. The molecule has 4 rings (SSSR count). The molecular weight excluding hydrogens is 356 g/mol. The fraction of sp³-hybridized carbons (Fsp3) is 0.353. The number of carbonyl (C=O) groups is 1. The SMILES string of the molecule is Cc1noc(Cl)c1CCC(=O)Nc1cccc(-c2nnnn2C2CC2)c1. The van der Waals surface area contributed by atoms with Gasteiger partial charge in [0, 0.05) is 23.2 Å². The van der Waals surface area contributed by atoms with E-state index in [0.717, 1.165) is 29.8 Å². The second-order valence-corrected chi connectivity index (χ2v) is 6.67. The first-order chi connectivity index (χ1) is 12.6. The topological polar surface area (TPSA) is 98.7 Å². The first-order valence-electron chi connectivity index (χ1n) is 8.40. The van der Waals surface area contributed by atoms with Crippen molar-refractivity contribution in [3.8, 4) is 11.4 Å². The zero-order chi connectivity index (χ0) is 18.1. The summed E-state index contributed by atoms with van der Waals surface area (Å²) in [4.78, 5) is 12.3. The molecule has 1 aromatic carbocycles. The van der Waals surface area contributed by atoms with Gasteiger partial charge in [-0.2, -0.15) is 0 Å². The molecule has 26 heavy (non-hydrogen) atoms. The second-order valence-electron chi connectivity index (χ2n) is 6.33. The summed E-state index contributed by atoms with van der Waals surface area (Å²) in [5.41, 5.74) is 3.04. The van der Waals surface area contributed by atoms with Crippen molar-refractivity contribution in [3.63, 3.8) is 0 Å². The van der Waals surface area contributed by atoms with E-state index in [-0.39, 0.29) is 17.5 Å². The van der Waals surface area contributed by atoms with Gasteiger partial charge in [0.05, 0.1) is 11.7 Å². The first kappa shape index (κ1) is 16.7. The maximum atomic E-state index is 12.3. The molecule has 1 aliphatic carbocycles. The number of halogens is 1. The zero-order valence-electron chi connectivity index (χ0n) is 14.1. The lowest BCUT2D eigenvalue weighted by Gasteiger charge is -2.08.